The summed E-state index contributed by atoms with van der Waals surface area (Å²) >= 11 is 0. The molecule has 0 saturated heterocycles. The summed E-state index contributed by atoms with van der Waals surface area (Å²) in [5.41, 5.74) is 0.788. The van der Waals surface area contributed by atoms with Gasteiger partial charge < -0.3 is 5.32 Å². The van der Waals surface area contributed by atoms with Crippen molar-refractivity contribution in [2.45, 2.75) is 97.1 Å². The van der Waals surface area contributed by atoms with Crippen molar-refractivity contribution in [1.82, 2.24) is 5.32 Å². The Hall–Kier alpha value is -0.0400. The minimum absolute atomic E-state index is 0.711. The molecule has 2 aliphatic rings. The van der Waals surface area contributed by atoms with Crippen molar-refractivity contribution < 1.29 is 0 Å². The SMILES string of the molecule is CCC(CC)C(C)NC1CCC2(CCCC2)CC1. The molecule has 0 radical (unpaired) electrons. The van der Waals surface area contributed by atoms with Crippen LogP contribution >= 0.6 is 0 Å². The summed E-state index contributed by atoms with van der Waals surface area (Å²) in [6.45, 7) is 7.07. The van der Waals surface area contributed by atoms with Gasteiger partial charge in [0.25, 0.3) is 0 Å². The topological polar surface area (TPSA) is 12.0 Å². The fourth-order valence-corrected chi connectivity index (χ4v) is 4.53. The van der Waals surface area contributed by atoms with E-state index in [1.54, 1.807) is 0 Å². The molecule has 1 unspecified atom stereocenters. The van der Waals surface area contributed by atoms with Gasteiger partial charge in [0, 0.05) is 12.1 Å². The van der Waals surface area contributed by atoms with E-state index in [2.05, 4.69) is 26.1 Å². The Balaban J connectivity index is 1.76. The van der Waals surface area contributed by atoms with Crippen molar-refractivity contribution in [3.05, 3.63) is 0 Å². The van der Waals surface area contributed by atoms with Crippen molar-refractivity contribution in [2.24, 2.45) is 11.3 Å². The molecule has 2 aliphatic carbocycles. The highest BCUT2D eigenvalue weighted by Crippen LogP contribution is 2.48. The van der Waals surface area contributed by atoms with Gasteiger partial charge in [-0.2, -0.15) is 0 Å². The maximum atomic E-state index is 3.93. The van der Waals surface area contributed by atoms with Gasteiger partial charge in [-0.1, -0.05) is 39.5 Å². The van der Waals surface area contributed by atoms with Gasteiger partial charge in [-0.25, -0.2) is 0 Å². The molecule has 0 aromatic carbocycles. The van der Waals surface area contributed by atoms with Crippen LogP contribution in [-0.4, -0.2) is 12.1 Å². The molecule has 2 saturated carbocycles. The van der Waals surface area contributed by atoms with Crippen LogP contribution in [0.1, 0.15) is 85.0 Å². The van der Waals surface area contributed by atoms with Crippen molar-refractivity contribution in [3.8, 4) is 0 Å². The van der Waals surface area contributed by atoms with Crippen LogP contribution < -0.4 is 5.32 Å². The molecule has 1 nitrogen and oxygen atoms in total. The molecule has 18 heavy (non-hydrogen) atoms. The van der Waals surface area contributed by atoms with E-state index >= 15 is 0 Å². The lowest BCUT2D eigenvalue weighted by atomic mass is 9.71. The summed E-state index contributed by atoms with van der Waals surface area (Å²) < 4.78 is 0. The standard InChI is InChI=1S/C17H33N/c1-4-15(5-2)14(3)18-16-8-12-17(13-9-16)10-6-7-11-17/h14-16,18H,4-13H2,1-3H3. The van der Waals surface area contributed by atoms with Crippen LogP contribution in [0.3, 0.4) is 0 Å². The second-order valence-corrected chi connectivity index (χ2v) is 7.01. The van der Waals surface area contributed by atoms with Crippen LogP contribution in [0, 0.1) is 11.3 Å². The zero-order valence-corrected chi connectivity index (χ0v) is 12.8. The molecule has 0 aromatic rings. The van der Waals surface area contributed by atoms with Gasteiger partial charge in [-0.3, -0.25) is 0 Å². The Morgan fingerprint density at radius 1 is 1.00 bits per heavy atom. The number of rotatable bonds is 5. The molecular formula is C17H33N. The van der Waals surface area contributed by atoms with Gasteiger partial charge >= 0.3 is 0 Å². The third-order valence-electron chi connectivity index (χ3n) is 5.96. The lowest BCUT2D eigenvalue weighted by molar-refractivity contribution is 0.156. The molecule has 1 heteroatoms. The Morgan fingerprint density at radius 2 is 1.56 bits per heavy atom. The second kappa shape index (κ2) is 6.41. The third-order valence-corrected chi connectivity index (χ3v) is 5.96. The molecule has 0 amide bonds. The predicted molar refractivity (Wildman–Crippen MR) is 79.8 cm³/mol. The first-order valence-corrected chi connectivity index (χ1v) is 8.45. The largest absolute Gasteiger partial charge is 0.311 e. The molecule has 1 atom stereocenters. The van der Waals surface area contributed by atoms with Gasteiger partial charge in [0.05, 0.1) is 0 Å². The number of nitrogens with one attached hydrogen (secondary N) is 1. The summed E-state index contributed by atoms with van der Waals surface area (Å²) in [6, 6.07) is 1.52. The Bertz CT molecular complexity index is 228. The first-order valence-electron chi connectivity index (χ1n) is 8.45. The minimum Gasteiger partial charge on any atom is -0.311 e. The summed E-state index contributed by atoms with van der Waals surface area (Å²) in [7, 11) is 0. The maximum Gasteiger partial charge on any atom is 0.00700 e. The second-order valence-electron chi connectivity index (χ2n) is 7.01. The Kier molecular flexibility index (Phi) is 5.12. The molecule has 2 fully saturated rings. The van der Waals surface area contributed by atoms with Crippen molar-refractivity contribution in [2.75, 3.05) is 0 Å². The molecule has 0 aromatic heterocycles. The summed E-state index contributed by atoms with van der Waals surface area (Å²) in [5.74, 6) is 0.868. The average Bonchev–Trinajstić information content (AvgIpc) is 2.83. The van der Waals surface area contributed by atoms with Gasteiger partial charge in [-0.05, 0) is 56.8 Å². The summed E-state index contributed by atoms with van der Waals surface area (Å²) in [5, 5.41) is 3.93. The molecule has 0 aliphatic heterocycles. The van der Waals surface area contributed by atoms with E-state index in [4.69, 9.17) is 0 Å². The van der Waals surface area contributed by atoms with E-state index in [0.717, 1.165) is 17.4 Å². The van der Waals surface area contributed by atoms with E-state index in [1.807, 2.05) is 0 Å². The molecule has 0 bridgehead atoms. The molecule has 2 rings (SSSR count). The molecular weight excluding hydrogens is 218 g/mol. The van der Waals surface area contributed by atoms with E-state index < -0.39 is 0 Å². The van der Waals surface area contributed by atoms with Crippen LogP contribution in [-0.2, 0) is 0 Å². The molecule has 0 heterocycles. The average molecular weight is 251 g/mol. The highest BCUT2D eigenvalue weighted by molar-refractivity contribution is 4.92. The first kappa shape index (κ1) is 14.4. The highest BCUT2D eigenvalue weighted by atomic mass is 15.0. The third kappa shape index (κ3) is 3.29. The van der Waals surface area contributed by atoms with Crippen LogP contribution in [0.5, 0.6) is 0 Å². The van der Waals surface area contributed by atoms with Crippen LogP contribution in [0.2, 0.25) is 0 Å². The van der Waals surface area contributed by atoms with Gasteiger partial charge in [0.15, 0.2) is 0 Å². The zero-order chi connectivity index (χ0) is 13.0. The van der Waals surface area contributed by atoms with Gasteiger partial charge in [0.2, 0.25) is 0 Å². The summed E-state index contributed by atoms with van der Waals surface area (Å²) in [4.78, 5) is 0. The molecule has 1 spiro atoms. The van der Waals surface area contributed by atoms with Crippen molar-refractivity contribution in [3.63, 3.8) is 0 Å². The quantitative estimate of drug-likeness (QED) is 0.732. The Labute approximate surface area is 114 Å². The van der Waals surface area contributed by atoms with E-state index in [-0.39, 0.29) is 0 Å². The van der Waals surface area contributed by atoms with Crippen molar-refractivity contribution in [1.29, 1.82) is 0 Å². The van der Waals surface area contributed by atoms with Crippen LogP contribution in [0.15, 0.2) is 0 Å². The van der Waals surface area contributed by atoms with Crippen LogP contribution in [0.4, 0.5) is 0 Å². The van der Waals surface area contributed by atoms with Gasteiger partial charge in [0.1, 0.15) is 0 Å². The minimum atomic E-state index is 0.711. The highest BCUT2D eigenvalue weighted by Gasteiger charge is 2.37. The lowest BCUT2D eigenvalue weighted by Gasteiger charge is -2.39. The zero-order valence-electron chi connectivity index (χ0n) is 12.8. The van der Waals surface area contributed by atoms with E-state index in [0.29, 0.717) is 6.04 Å². The Morgan fingerprint density at radius 3 is 2.06 bits per heavy atom. The fraction of sp³-hybridized carbons (Fsp3) is 1.00. The molecule has 1 N–H and O–H groups in total. The van der Waals surface area contributed by atoms with Crippen LogP contribution in [0.25, 0.3) is 0 Å². The molecule has 106 valence electrons. The monoisotopic (exact) mass is 251 g/mol. The van der Waals surface area contributed by atoms with Gasteiger partial charge in [-0.15, -0.1) is 0 Å². The number of hydrogen-bond acceptors (Lipinski definition) is 1. The predicted octanol–water partition coefficient (Wildman–Crippen LogP) is 4.90. The van der Waals surface area contributed by atoms with E-state index in [1.165, 1.54) is 64.2 Å². The van der Waals surface area contributed by atoms with E-state index in [9.17, 15) is 0 Å². The lowest BCUT2D eigenvalue weighted by Crippen LogP contribution is -2.44. The smallest absolute Gasteiger partial charge is 0.00700 e. The fourth-order valence-electron chi connectivity index (χ4n) is 4.53. The summed E-state index contributed by atoms with van der Waals surface area (Å²) in [6.07, 6.45) is 14.6. The first-order chi connectivity index (χ1) is 8.69. The number of hydrogen-bond donors (Lipinski definition) is 1. The van der Waals surface area contributed by atoms with Crippen molar-refractivity contribution >= 4 is 0 Å². The maximum absolute atomic E-state index is 3.93. The normalized spacial score (nSPS) is 26.0.